The summed E-state index contributed by atoms with van der Waals surface area (Å²) < 4.78 is 11.0. The normalized spacial score (nSPS) is 20.3. The number of imide groups is 1. The number of hydrogen-bond acceptors (Lipinski definition) is 5. The molecule has 8 heteroatoms. The van der Waals surface area contributed by atoms with Crippen LogP contribution in [0.2, 0.25) is 0 Å². The summed E-state index contributed by atoms with van der Waals surface area (Å²) in [5.41, 5.74) is 1.06. The predicted molar refractivity (Wildman–Crippen MR) is 111 cm³/mol. The highest BCUT2D eigenvalue weighted by atomic mass is 16.5. The Labute approximate surface area is 174 Å². The average Bonchev–Trinajstić information content (AvgIpc) is 3.17. The summed E-state index contributed by atoms with van der Waals surface area (Å²) in [6, 6.07) is 12.2. The number of rotatable bonds is 6. The van der Waals surface area contributed by atoms with Gasteiger partial charge < -0.3 is 19.7 Å². The number of carbonyl (C=O) groups is 2. The maximum absolute atomic E-state index is 12.9. The zero-order chi connectivity index (χ0) is 21.5. The van der Waals surface area contributed by atoms with Gasteiger partial charge in [-0.05, 0) is 49.2 Å². The van der Waals surface area contributed by atoms with Gasteiger partial charge in [0.15, 0.2) is 5.54 Å². The Morgan fingerprint density at radius 3 is 2.43 bits per heavy atom. The van der Waals surface area contributed by atoms with E-state index in [9.17, 15) is 9.59 Å². The Bertz CT molecular complexity index is 1020. The first-order valence-corrected chi connectivity index (χ1v) is 9.74. The number of nitrogens with one attached hydrogen (secondary N) is 3. The molecule has 0 saturated carbocycles. The Morgan fingerprint density at radius 1 is 1.13 bits per heavy atom. The molecule has 2 aliphatic heterocycles. The SMILES string of the molecule is COc1ccc2c(c1)C(=N)N(C[C@@]1(c3ccc(OC(C)C)cc3)NC(=O)NC1=O)C2. The molecule has 0 aliphatic carbocycles. The number of ether oxygens (including phenoxy) is 2. The van der Waals surface area contributed by atoms with Crippen LogP contribution in [0.25, 0.3) is 0 Å². The number of nitrogens with zero attached hydrogens (tertiary/aromatic N) is 1. The summed E-state index contributed by atoms with van der Waals surface area (Å²) in [6.45, 7) is 4.47. The van der Waals surface area contributed by atoms with Crippen LogP contribution in [0.4, 0.5) is 4.79 Å². The summed E-state index contributed by atoms with van der Waals surface area (Å²) in [6.07, 6.45) is 0.0276. The van der Waals surface area contributed by atoms with Gasteiger partial charge in [-0.25, -0.2) is 4.79 Å². The van der Waals surface area contributed by atoms with Crippen LogP contribution in [-0.2, 0) is 16.9 Å². The third-order valence-electron chi connectivity index (χ3n) is 5.34. The summed E-state index contributed by atoms with van der Waals surface area (Å²) in [7, 11) is 1.58. The van der Waals surface area contributed by atoms with Gasteiger partial charge in [0, 0.05) is 12.1 Å². The molecule has 30 heavy (non-hydrogen) atoms. The maximum atomic E-state index is 12.9. The largest absolute Gasteiger partial charge is 0.497 e. The lowest BCUT2D eigenvalue weighted by Gasteiger charge is -2.32. The highest BCUT2D eigenvalue weighted by Gasteiger charge is 2.50. The Balaban J connectivity index is 1.65. The molecule has 2 aliphatic rings. The Kier molecular flexibility index (Phi) is 4.85. The standard InChI is InChI=1S/C22H24N4O4/c1-13(2)30-16-8-5-15(6-9-16)22(20(27)24-21(28)25-22)12-26-11-14-4-7-17(29-3)10-18(14)19(26)23/h4-10,13,23H,11-12H2,1-3H3,(H2,24,25,27,28)/t22-/m0/s1. The fourth-order valence-electron chi connectivity index (χ4n) is 3.90. The van der Waals surface area contributed by atoms with Gasteiger partial charge in [-0.1, -0.05) is 18.2 Å². The number of methoxy groups -OCH3 is 1. The average molecular weight is 408 g/mol. The van der Waals surface area contributed by atoms with Crippen molar-refractivity contribution in [2.45, 2.75) is 32.0 Å². The van der Waals surface area contributed by atoms with Crippen molar-refractivity contribution >= 4 is 17.8 Å². The van der Waals surface area contributed by atoms with Crippen LogP contribution >= 0.6 is 0 Å². The fourth-order valence-corrected chi connectivity index (χ4v) is 3.90. The Hall–Kier alpha value is -3.55. The van der Waals surface area contributed by atoms with Gasteiger partial charge in [-0.2, -0.15) is 0 Å². The van der Waals surface area contributed by atoms with Crippen molar-refractivity contribution < 1.29 is 19.1 Å². The monoisotopic (exact) mass is 408 g/mol. The van der Waals surface area contributed by atoms with Crippen LogP contribution < -0.4 is 20.1 Å². The zero-order valence-electron chi connectivity index (χ0n) is 17.1. The minimum Gasteiger partial charge on any atom is -0.497 e. The third kappa shape index (κ3) is 3.34. The Morgan fingerprint density at radius 2 is 1.83 bits per heavy atom. The second kappa shape index (κ2) is 7.37. The van der Waals surface area contributed by atoms with Crippen LogP contribution in [-0.4, -0.2) is 42.4 Å². The molecular weight excluding hydrogens is 384 g/mol. The number of benzene rings is 2. The van der Waals surface area contributed by atoms with E-state index in [0.717, 1.165) is 11.1 Å². The van der Waals surface area contributed by atoms with Crippen LogP contribution in [0, 0.1) is 5.41 Å². The lowest BCUT2D eigenvalue weighted by atomic mass is 9.89. The topological polar surface area (TPSA) is 104 Å². The second-order valence-electron chi connectivity index (χ2n) is 7.73. The lowest BCUT2D eigenvalue weighted by molar-refractivity contribution is -0.124. The van der Waals surface area contributed by atoms with E-state index in [1.807, 2.05) is 32.0 Å². The molecule has 0 spiro atoms. The number of amides is 3. The maximum Gasteiger partial charge on any atom is 0.322 e. The number of fused-ring (bicyclic) bond motifs is 1. The lowest BCUT2D eigenvalue weighted by Crippen LogP contribution is -2.52. The summed E-state index contributed by atoms with van der Waals surface area (Å²) in [4.78, 5) is 26.7. The quantitative estimate of drug-likeness (QED) is 0.637. The molecular formula is C22H24N4O4. The second-order valence-corrected chi connectivity index (χ2v) is 7.73. The van der Waals surface area contributed by atoms with Crippen LogP contribution in [0.15, 0.2) is 42.5 Å². The van der Waals surface area contributed by atoms with Crippen molar-refractivity contribution in [2.24, 2.45) is 0 Å². The van der Waals surface area contributed by atoms with E-state index in [0.29, 0.717) is 23.6 Å². The first kappa shape index (κ1) is 19.8. The molecule has 2 heterocycles. The van der Waals surface area contributed by atoms with Gasteiger partial charge >= 0.3 is 6.03 Å². The van der Waals surface area contributed by atoms with Gasteiger partial charge in [0.05, 0.1) is 19.8 Å². The number of carbonyl (C=O) groups excluding carboxylic acids is 2. The van der Waals surface area contributed by atoms with Gasteiger partial charge in [0.2, 0.25) is 0 Å². The molecule has 0 bridgehead atoms. The molecule has 3 amide bonds. The van der Waals surface area contributed by atoms with Crippen molar-refractivity contribution in [1.82, 2.24) is 15.5 Å². The van der Waals surface area contributed by atoms with Crippen LogP contribution in [0.5, 0.6) is 11.5 Å². The van der Waals surface area contributed by atoms with E-state index in [1.54, 1.807) is 36.3 Å². The van der Waals surface area contributed by atoms with E-state index in [-0.39, 0.29) is 18.5 Å². The zero-order valence-corrected chi connectivity index (χ0v) is 17.1. The molecule has 0 unspecified atom stereocenters. The van der Waals surface area contributed by atoms with E-state index in [2.05, 4.69) is 10.6 Å². The van der Waals surface area contributed by atoms with Crippen molar-refractivity contribution in [3.05, 3.63) is 59.2 Å². The minimum absolute atomic E-state index is 0.0276. The van der Waals surface area contributed by atoms with Crippen molar-refractivity contribution in [3.8, 4) is 11.5 Å². The highest BCUT2D eigenvalue weighted by molar-refractivity contribution is 6.08. The smallest absolute Gasteiger partial charge is 0.322 e. The van der Waals surface area contributed by atoms with E-state index < -0.39 is 17.5 Å². The molecule has 1 saturated heterocycles. The first-order valence-electron chi connectivity index (χ1n) is 9.74. The van der Waals surface area contributed by atoms with E-state index >= 15 is 0 Å². The van der Waals surface area contributed by atoms with E-state index in [4.69, 9.17) is 14.9 Å². The molecule has 156 valence electrons. The highest BCUT2D eigenvalue weighted by Crippen LogP contribution is 2.33. The molecule has 4 rings (SSSR count). The third-order valence-corrected chi connectivity index (χ3v) is 5.34. The molecule has 8 nitrogen and oxygen atoms in total. The number of amidine groups is 1. The molecule has 1 fully saturated rings. The molecule has 2 aromatic rings. The summed E-state index contributed by atoms with van der Waals surface area (Å²) in [5.74, 6) is 1.20. The molecule has 0 aromatic heterocycles. The first-order chi connectivity index (χ1) is 14.3. The number of urea groups is 1. The predicted octanol–water partition coefficient (Wildman–Crippen LogP) is 2.36. The van der Waals surface area contributed by atoms with Crippen molar-refractivity contribution in [2.75, 3.05) is 13.7 Å². The van der Waals surface area contributed by atoms with Gasteiger partial charge in [-0.3, -0.25) is 15.5 Å². The molecule has 2 aromatic carbocycles. The minimum atomic E-state index is -1.30. The molecule has 0 radical (unpaired) electrons. The summed E-state index contributed by atoms with van der Waals surface area (Å²) in [5, 5.41) is 13.7. The molecule has 3 N–H and O–H groups in total. The van der Waals surface area contributed by atoms with E-state index in [1.165, 1.54) is 0 Å². The fraction of sp³-hybridized carbons (Fsp3) is 0.318. The molecule has 1 atom stereocenters. The number of hydrogen-bond donors (Lipinski definition) is 3. The van der Waals surface area contributed by atoms with Gasteiger partial charge in [0.25, 0.3) is 5.91 Å². The summed E-state index contributed by atoms with van der Waals surface area (Å²) >= 11 is 0. The van der Waals surface area contributed by atoms with Gasteiger partial charge in [-0.15, -0.1) is 0 Å². The van der Waals surface area contributed by atoms with Crippen molar-refractivity contribution in [1.29, 1.82) is 5.41 Å². The van der Waals surface area contributed by atoms with Crippen molar-refractivity contribution in [3.63, 3.8) is 0 Å². The van der Waals surface area contributed by atoms with Crippen LogP contribution in [0.3, 0.4) is 0 Å². The van der Waals surface area contributed by atoms with Gasteiger partial charge in [0.1, 0.15) is 17.3 Å². The van der Waals surface area contributed by atoms with Crippen LogP contribution in [0.1, 0.15) is 30.5 Å².